The van der Waals surface area contributed by atoms with Crippen molar-refractivity contribution in [3.8, 4) is 0 Å². The second kappa shape index (κ2) is 7.13. The van der Waals surface area contributed by atoms with E-state index in [1.807, 2.05) is 16.8 Å². The molecule has 21 heavy (non-hydrogen) atoms. The largest absolute Gasteiger partial charge is 0.379 e. The fourth-order valence-corrected chi connectivity index (χ4v) is 2.26. The molecule has 0 aliphatic rings. The molecule has 0 aliphatic heterocycles. The Hall–Kier alpha value is -2.01. The number of carbonyl (C=O) groups excluding carboxylic acids is 1. The van der Waals surface area contributed by atoms with Crippen LogP contribution in [0.1, 0.15) is 26.0 Å². The minimum atomic E-state index is -0.138. The van der Waals surface area contributed by atoms with Gasteiger partial charge in [0.25, 0.3) is 0 Å². The number of benzene rings is 1. The van der Waals surface area contributed by atoms with Crippen LogP contribution in [0.15, 0.2) is 30.5 Å². The predicted molar refractivity (Wildman–Crippen MR) is 85.6 cm³/mol. The van der Waals surface area contributed by atoms with Gasteiger partial charge in [-0.25, -0.2) is 0 Å². The zero-order valence-electron chi connectivity index (χ0n) is 12.2. The van der Waals surface area contributed by atoms with E-state index >= 15 is 0 Å². The van der Waals surface area contributed by atoms with Crippen LogP contribution in [-0.2, 0) is 17.9 Å². The summed E-state index contributed by atoms with van der Waals surface area (Å²) in [6, 6.07) is 7.47. The number of hydrogen-bond donors (Lipinski definition) is 2. The van der Waals surface area contributed by atoms with E-state index in [0.717, 1.165) is 24.3 Å². The highest BCUT2D eigenvalue weighted by atomic mass is 35.5. The van der Waals surface area contributed by atoms with Crippen LogP contribution in [0.4, 0.5) is 11.4 Å². The van der Waals surface area contributed by atoms with E-state index in [0.29, 0.717) is 17.3 Å². The monoisotopic (exact) mass is 306 g/mol. The summed E-state index contributed by atoms with van der Waals surface area (Å²) in [6.07, 6.45) is 2.85. The number of aromatic nitrogens is 2. The number of anilines is 2. The second-order valence-corrected chi connectivity index (χ2v) is 5.18. The van der Waals surface area contributed by atoms with Gasteiger partial charge in [0.1, 0.15) is 0 Å². The second-order valence-electron chi connectivity index (χ2n) is 4.78. The lowest BCUT2D eigenvalue weighted by molar-refractivity contribution is -0.114. The maximum atomic E-state index is 11.0. The number of carbonyl (C=O) groups is 1. The third-order valence-electron chi connectivity index (χ3n) is 2.99. The van der Waals surface area contributed by atoms with Crippen molar-refractivity contribution in [3.63, 3.8) is 0 Å². The highest BCUT2D eigenvalue weighted by Crippen LogP contribution is 2.25. The van der Waals surface area contributed by atoms with Gasteiger partial charge in [0, 0.05) is 25.4 Å². The summed E-state index contributed by atoms with van der Waals surface area (Å²) < 4.78 is 1.99. The van der Waals surface area contributed by atoms with Crippen LogP contribution in [0, 0.1) is 0 Å². The fraction of sp³-hybridized carbons (Fsp3) is 0.333. The Balaban J connectivity index is 2.01. The van der Waals surface area contributed by atoms with Crippen molar-refractivity contribution in [2.24, 2.45) is 0 Å². The molecule has 2 rings (SSSR count). The quantitative estimate of drug-likeness (QED) is 0.858. The highest BCUT2D eigenvalue weighted by molar-refractivity contribution is 6.34. The van der Waals surface area contributed by atoms with Crippen molar-refractivity contribution < 1.29 is 4.79 Å². The Morgan fingerprint density at radius 1 is 1.38 bits per heavy atom. The average molecular weight is 307 g/mol. The average Bonchev–Trinajstić information content (AvgIpc) is 2.87. The number of aryl methyl sites for hydroxylation is 1. The number of rotatable bonds is 6. The third-order valence-corrected chi connectivity index (χ3v) is 3.31. The summed E-state index contributed by atoms with van der Waals surface area (Å²) in [4.78, 5) is 11.0. The van der Waals surface area contributed by atoms with Gasteiger partial charge >= 0.3 is 0 Å². The van der Waals surface area contributed by atoms with Crippen LogP contribution in [0.25, 0.3) is 0 Å². The SMILES string of the molecule is CCCn1nccc1CNc1ccc(NC(C)=O)c(Cl)c1. The van der Waals surface area contributed by atoms with Gasteiger partial charge in [0.05, 0.1) is 22.9 Å². The minimum absolute atomic E-state index is 0.138. The Labute approximate surface area is 129 Å². The predicted octanol–water partition coefficient (Wildman–Crippen LogP) is 3.52. The number of nitrogens with zero attached hydrogens (tertiary/aromatic N) is 2. The van der Waals surface area contributed by atoms with Crippen molar-refractivity contribution in [3.05, 3.63) is 41.2 Å². The first kappa shape index (κ1) is 15.4. The molecule has 2 N–H and O–H groups in total. The van der Waals surface area contributed by atoms with Crippen molar-refractivity contribution in [1.82, 2.24) is 9.78 Å². The van der Waals surface area contributed by atoms with E-state index in [1.54, 1.807) is 18.3 Å². The van der Waals surface area contributed by atoms with Crippen LogP contribution in [-0.4, -0.2) is 15.7 Å². The molecule has 0 saturated heterocycles. The van der Waals surface area contributed by atoms with Gasteiger partial charge < -0.3 is 10.6 Å². The lowest BCUT2D eigenvalue weighted by Gasteiger charge is -2.11. The van der Waals surface area contributed by atoms with Gasteiger partial charge in [-0.2, -0.15) is 5.10 Å². The zero-order valence-corrected chi connectivity index (χ0v) is 12.9. The molecule has 0 bridgehead atoms. The maximum absolute atomic E-state index is 11.0. The van der Waals surface area contributed by atoms with Gasteiger partial charge in [-0.3, -0.25) is 9.48 Å². The van der Waals surface area contributed by atoms with Crippen LogP contribution in [0.2, 0.25) is 5.02 Å². The third kappa shape index (κ3) is 4.23. The molecule has 0 atom stereocenters. The smallest absolute Gasteiger partial charge is 0.221 e. The van der Waals surface area contributed by atoms with E-state index < -0.39 is 0 Å². The molecule has 1 aromatic carbocycles. The van der Waals surface area contributed by atoms with E-state index in [9.17, 15) is 4.79 Å². The van der Waals surface area contributed by atoms with Gasteiger partial charge in [-0.1, -0.05) is 18.5 Å². The molecule has 0 unspecified atom stereocenters. The van der Waals surface area contributed by atoms with Crippen LogP contribution in [0.5, 0.6) is 0 Å². The minimum Gasteiger partial charge on any atom is -0.379 e. The summed E-state index contributed by atoms with van der Waals surface area (Å²) in [5, 5.41) is 10.8. The number of hydrogen-bond acceptors (Lipinski definition) is 3. The lowest BCUT2D eigenvalue weighted by atomic mass is 10.2. The number of amides is 1. The van der Waals surface area contributed by atoms with Gasteiger partial charge in [-0.15, -0.1) is 0 Å². The van der Waals surface area contributed by atoms with Crippen molar-refractivity contribution >= 4 is 28.9 Å². The summed E-state index contributed by atoms with van der Waals surface area (Å²) in [5.41, 5.74) is 2.64. The molecule has 6 heteroatoms. The van der Waals surface area contributed by atoms with Gasteiger partial charge in [0.15, 0.2) is 0 Å². The molecule has 0 spiro atoms. The molecule has 0 aliphatic carbocycles. The summed E-state index contributed by atoms with van der Waals surface area (Å²) in [7, 11) is 0. The highest BCUT2D eigenvalue weighted by Gasteiger charge is 2.05. The molecule has 5 nitrogen and oxygen atoms in total. The van der Waals surface area contributed by atoms with Crippen LogP contribution < -0.4 is 10.6 Å². The van der Waals surface area contributed by atoms with Crippen LogP contribution >= 0.6 is 11.6 Å². The van der Waals surface area contributed by atoms with E-state index in [2.05, 4.69) is 22.7 Å². The molecular formula is C15H19ClN4O. The fourth-order valence-electron chi connectivity index (χ4n) is 2.03. The summed E-state index contributed by atoms with van der Waals surface area (Å²) >= 11 is 6.14. The topological polar surface area (TPSA) is 59.0 Å². The Kier molecular flexibility index (Phi) is 5.22. The molecule has 1 heterocycles. The summed E-state index contributed by atoms with van der Waals surface area (Å²) in [5.74, 6) is -0.138. The van der Waals surface area contributed by atoms with E-state index in [4.69, 9.17) is 11.6 Å². The molecule has 0 fully saturated rings. The van der Waals surface area contributed by atoms with Crippen molar-refractivity contribution in [1.29, 1.82) is 0 Å². The molecule has 1 amide bonds. The molecule has 1 aromatic heterocycles. The molecule has 0 saturated carbocycles. The first-order chi connectivity index (χ1) is 10.1. The standard InChI is InChI=1S/C15H19ClN4O/c1-3-8-20-13(6-7-18-20)10-17-12-4-5-15(14(16)9-12)19-11(2)21/h4-7,9,17H,3,8,10H2,1-2H3,(H,19,21). The first-order valence-electron chi connectivity index (χ1n) is 6.92. The van der Waals surface area contributed by atoms with Crippen molar-refractivity contribution in [2.75, 3.05) is 10.6 Å². The van der Waals surface area contributed by atoms with Gasteiger partial charge in [0.2, 0.25) is 5.91 Å². The molecule has 0 radical (unpaired) electrons. The molecule has 2 aromatic rings. The van der Waals surface area contributed by atoms with Crippen molar-refractivity contribution in [2.45, 2.75) is 33.4 Å². The number of halogens is 1. The van der Waals surface area contributed by atoms with E-state index in [1.165, 1.54) is 6.92 Å². The number of nitrogens with one attached hydrogen (secondary N) is 2. The molecular weight excluding hydrogens is 288 g/mol. The Morgan fingerprint density at radius 3 is 2.86 bits per heavy atom. The molecule has 112 valence electrons. The zero-order chi connectivity index (χ0) is 15.2. The van der Waals surface area contributed by atoms with Crippen LogP contribution in [0.3, 0.4) is 0 Å². The lowest BCUT2D eigenvalue weighted by Crippen LogP contribution is -2.09. The summed E-state index contributed by atoms with van der Waals surface area (Å²) in [6.45, 7) is 5.17. The van der Waals surface area contributed by atoms with E-state index in [-0.39, 0.29) is 5.91 Å². The first-order valence-corrected chi connectivity index (χ1v) is 7.29. The Morgan fingerprint density at radius 2 is 2.19 bits per heavy atom. The Bertz CT molecular complexity index is 624. The van der Waals surface area contributed by atoms with Gasteiger partial charge in [-0.05, 0) is 30.7 Å². The maximum Gasteiger partial charge on any atom is 0.221 e. The normalized spacial score (nSPS) is 10.4.